The van der Waals surface area contributed by atoms with Crippen LogP contribution in [0.5, 0.6) is 0 Å². The summed E-state index contributed by atoms with van der Waals surface area (Å²) in [6.45, 7) is 9.14. The van der Waals surface area contributed by atoms with Crippen LogP contribution in [0.3, 0.4) is 0 Å². The van der Waals surface area contributed by atoms with Crippen molar-refractivity contribution < 1.29 is 49.5 Å². The quantitative estimate of drug-likeness (QED) is 0.453. The van der Waals surface area contributed by atoms with Gasteiger partial charge in [0, 0.05) is 0 Å². The van der Waals surface area contributed by atoms with E-state index in [1.165, 1.54) is 12.0 Å². The van der Waals surface area contributed by atoms with Gasteiger partial charge in [-0.2, -0.15) is 0 Å². The van der Waals surface area contributed by atoms with Gasteiger partial charge in [0.15, 0.2) is 0 Å². The molecule has 1 aliphatic carbocycles. The van der Waals surface area contributed by atoms with Crippen molar-refractivity contribution in [2.24, 2.45) is 5.41 Å². The predicted octanol–water partition coefficient (Wildman–Crippen LogP) is -2.81. The molecular formula is C10H15Cl2Zr. The molecule has 0 amide bonds. The summed E-state index contributed by atoms with van der Waals surface area (Å²) in [5, 5.41) is 0. The van der Waals surface area contributed by atoms with Crippen LogP contribution in [0.4, 0.5) is 0 Å². The molecule has 0 nitrogen and oxygen atoms in total. The molecule has 1 aliphatic rings. The largest absolute Gasteiger partial charge is 1.00 e. The molecule has 0 saturated heterocycles. The number of allylic oxidation sites excluding steroid dienone is 4. The van der Waals surface area contributed by atoms with Crippen LogP contribution in [0.2, 0.25) is 0 Å². The second-order valence-electron chi connectivity index (χ2n) is 4.19. The van der Waals surface area contributed by atoms with Crippen LogP contribution in [0.25, 0.3) is 0 Å². The van der Waals surface area contributed by atoms with Gasteiger partial charge in [0.1, 0.15) is 0 Å². The minimum atomic E-state index is 0. The normalized spacial score (nSPS) is 16.3. The van der Waals surface area contributed by atoms with Gasteiger partial charge >= 0.3 is 84.8 Å². The average Bonchev–Trinajstić information content (AvgIpc) is 2.08. The van der Waals surface area contributed by atoms with Crippen LogP contribution >= 0.6 is 0 Å². The zero-order chi connectivity index (χ0) is 8.65. The summed E-state index contributed by atoms with van der Waals surface area (Å²) in [6.07, 6.45) is 3.56. The number of rotatable bonds is 0. The Hall–Kier alpha value is 0.943. The molecule has 0 saturated carbocycles. The molecule has 0 aromatic heterocycles. The first-order valence-corrected chi connectivity index (χ1v) is 5.28. The number of hydrogen-bond donors (Lipinski definition) is 0. The maximum atomic E-state index is 2.35. The molecule has 0 spiro atoms. The maximum absolute atomic E-state index is 2.35. The Morgan fingerprint density at radius 1 is 1.23 bits per heavy atom. The molecular weight excluding hydrogens is 282 g/mol. The van der Waals surface area contributed by atoms with E-state index in [-0.39, 0.29) is 24.8 Å². The molecule has 0 radical (unpaired) electrons. The molecule has 0 unspecified atom stereocenters. The Balaban J connectivity index is 0. The zero-order valence-electron chi connectivity index (χ0n) is 8.54. The second-order valence-corrected chi connectivity index (χ2v) is 5.68. The topological polar surface area (TPSA) is 0 Å². The van der Waals surface area contributed by atoms with E-state index in [1.54, 1.807) is 33.6 Å². The first-order valence-electron chi connectivity index (χ1n) is 4.05. The molecule has 0 aromatic carbocycles. The van der Waals surface area contributed by atoms with Crippen molar-refractivity contribution in [2.45, 2.75) is 34.1 Å². The van der Waals surface area contributed by atoms with Crippen molar-refractivity contribution in [3.8, 4) is 0 Å². The Labute approximate surface area is 109 Å². The minimum Gasteiger partial charge on any atom is -1.00 e. The summed E-state index contributed by atoms with van der Waals surface area (Å²) in [5.41, 5.74) is 3.47. The summed E-state index contributed by atoms with van der Waals surface area (Å²) >= 11 is 1.59. The van der Waals surface area contributed by atoms with E-state index in [2.05, 4.69) is 33.8 Å². The maximum Gasteiger partial charge on any atom is -1.00 e. The van der Waals surface area contributed by atoms with Crippen molar-refractivity contribution in [2.75, 3.05) is 0 Å². The summed E-state index contributed by atoms with van der Waals surface area (Å²) in [5.74, 6) is 0. The molecule has 3 heteroatoms. The molecule has 0 aliphatic heterocycles. The van der Waals surface area contributed by atoms with E-state index in [9.17, 15) is 0 Å². The van der Waals surface area contributed by atoms with Gasteiger partial charge in [0.2, 0.25) is 0 Å². The molecule has 0 heterocycles. The Bertz CT molecular complexity index is 234. The fourth-order valence-corrected chi connectivity index (χ4v) is 3.40. The predicted molar refractivity (Wildman–Crippen MR) is 44.9 cm³/mol. The standard InChI is InChI=1S/C10H15.2ClH.Zr/c1-8-6-5-7-9(8)10(2,3)4;;;/h6H,5H2,1-4H3;2*1H;/q;;;+2/p-2. The smallest absolute Gasteiger partial charge is 1.00 e. The summed E-state index contributed by atoms with van der Waals surface area (Å²) in [6, 6.07) is 0. The molecule has 13 heavy (non-hydrogen) atoms. The van der Waals surface area contributed by atoms with Crippen LogP contribution < -0.4 is 24.8 Å². The van der Waals surface area contributed by atoms with Crippen molar-refractivity contribution >= 4 is 0 Å². The van der Waals surface area contributed by atoms with Gasteiger partial charge in [-0.3, -0.25) is 0 Å². The van der Waals surface area contributed by atoms with E-state index < -0.39 is 0 Å². The van der Waals surface area contributed by atoms with Crippen molar-refractivity contribution in [3.05, 3.63) is 20.5 Å². The van der Waals surface area contributed by atoms with Gasteiger partial charge < -0.3 is 24.8 Å². The Kier molecular flexibility index (Phi) is 7.22. The van der Waals surface area contributed by atoms with Gasteiger partial charge in [0.25, 0.3) is 0 Å². The monoisotopic (exact) mass is 295 g/mol. The fourth-order valence-electron chi connectivity index (χ4n) is 1.74. The first-order chi connectivity index (χ1) is 4.93. The van der Waals surface area contributed by atoms with Crippen molar-refractivity contribution in [1.29, 1.82) is 0 Å². The van der Waals surface area contributed by atoms with Crippen LogP contribution in [-0.2, 0) is 24.7 Å². The van der Waals surface area contributed by atoms with Gasteiger partial charge in [0.05, 0.1) is 0 Å². The van der Waals surface area contributed by atoms with Crippen molar-refractivity contribution in [1.82, 2.24) is 0 Å². The van der Waals surface area contributed by atoms with Gasteiger partial charge in [-0.25, -0.2) is 0 Å². The molecule has 1 rings (SSSR count). The first kappa shape index (κ1) is 16.4. The van der Waals surface area contributed by atoms with Crippen LogP contribution in [0.15, 0.2) is 20.5 Å². The van der Waals surface area contributed by atoms with Crippen molar-refractivity contribution in [3.63, 3.8) is 0 Å². The summed E-state index contributed by atoms with van der Waals surface area (Å²) < 4.78 is 1.64. The third kappa shape index (κ3) is 3.90. The zero-order valence-corrected chi connectivity index (χ0v) is 12.5. The van der Waals surface area contributed by atoms with E-state index in [4.69, 9.17) is 0 Å². The number of halogens is 2. The Morgan fingerprint density at radius 2 is 1.69 bits per heavy atom. The molecule has 0 fully saturated rings. The second kappa shape index (κ2) is 5.73. The van der Waals surface area contributed by atoms with Crippen LogP contribution in [-0.4, -0.2) is 0 Å². The third-order valence-corrected chi connectivity index (χ3v) is 3.17. The molecule has 0 N–H and O–H groups in total. The molecule has 73 valence electrons. The van der Waals surface area contributed by atoms with Crippen LogP contribution in [0.1, 0.15) is 34.1 Å². The van der Waals surface area contributed by atoms with Gasteiger partial charge in [-0.1, -0.05) is 0 Å². The molecule has 0 aromatic rings. The minimum absolute atomic E-state index is 0. The average molecular weight is 297 g/mol. The Morgan fingerprint density at radius 3 is 1.85 bits per heavy atom. The van der Waals surface area contributed by atoms with Gasteiger partial charge in [-0.05, 0) is 0 Å². The SMILES string of the molecule is CC1=CC[C]([Zr+2])=C1C(C)(C)C.[Cl-].[Cl-]. The van der Waals surface area contributed by atoms with Crippen LogP contribution in [0, 0.1) is 5.41 Å². The van der Waals surface area contributed by atoms with E-state index in [1.807, 2.05) is 0 Å². The molecule has 0 bridgehead atoms. The van der Waals surface area contributed by atoms with Gasteiger partial charge in [-0.15, -0.1) is 0 Å². The third-order valence-electron chi connectivity index (χ3n) is 2.06. The van der Waals surface area contributed by atoms with E-state index in [0.717, 1.165) is 0 Å². The summed E-state index contributed by atoms with van der Waals surface area (Å²) in [4.78, 5) is 0. The fraction of sp³-hybridized carbons (Fsp3) is 0.600. The van der Waals surface area contributed by atoms with E-state index >= 15 is 0 Å². The molecule has 0 atom stereocenters. The summed E-state index contributed by atoms with van der Waals surface area (Å²) in [7, 11) is 0. The number of hydrogen-bond acceptors (Lipinski definition) is 0. The van der Waals surface area contributed by atoms with E-state index in [0.29, 0.717) is 5.41 Å².